The quantitative estimate of drug-likeness (QED) is 0.828. The van der Waals surface area contributed by atoms with Crippen LogP contribution in [0.15, 0.2) is 0 Å². The molecule has 0 bridgehead atoms. The standard InChI is InChI=1S/C16H32N2/c1-5-16(4)12-18(13(2)3)15(11-17-16)14-9-7-6-8-10-14/h13-15,17H,5-12H2,1-4H3. The lowest BCUT2D eigenvalue weighted by molar-refractivity contribution is 0.0186. The van der Waals surface area contributed by atoms with Crippen molar-refractivity contribution in [3.8, 4) is 0 Å². The second-order valence-corrected chi connectivity index (χ2v) is 7.03. The van der Waals surface area contributed by atoms with Crippen LogP contribution in [-0.4, -0.2) is 35.6 Å². The van der Waals surface area contributed by atoms with E-state index < -0.39 is 0 Å². The van der Waals surface area contributed by atoms with Gasteiger partial charge in [-0.2, -0.15) is 0 Å². The molecule has 1 aliphatic heterocycles. The van der Waals surface area contributed by atoms with Crippen LogP contribution < -0.4 is 5.32 Å². The Kier molecular flexibility index (Phi) is 4.71. The summed E-state index contributed by atoms with van der Waals surface area (Å²) >= 11 is 0. The van der Waals surface area contributed by atoms with Gasteiger partial charge in [-0.1, -0.05) is 26.2 Å². The van der Waals surface area contributed by atoms with Crippen molar-refractivity contribution in [3.63, 3.8) is 0 Å². The first-order valence-corrected chi connectivity index (χ1v) is 8.06. The van der Waals surface area contributed by atoms with Gasteiger partial charge in [0.05, 0.1) is 0 Å². The molecule has 18 heavy (non-hydrogen) atoms. The molecular weight excluding hydrogens is 220 g/mol. The van der Waals surface area contributed by atoms with Crippen molar-refractivity contribution in [3.05, 3.63) is 0 Å². The van der Waals surface area contributed by atoms with Gasteiger partial charge in [-0.3, -0.25) is 4.90 Å². The van der Waals surface area contributed by atoms with Gasteiger partial charge in [0.25, 0.3) is 0 Å². The van der Waals surface area contributed by atoms with E-state index in [9.17, 15) is 0 Å². The third-order valence-electron chi connectivity index (χ3n) is 5.33. The van der Waals surface area contributed by atoms with Crippen molar-refractivity contribution >= 4 is 0 Å². The highest BCUT2D eigenvalue weighted by atomic mass is 15.3. The first-order valence-electron chi connectivity index (χ1n) is 8.06. The summed E-state index contributed by atoms with van der Waals surface area (Å²) in [6.07, 6.45) is 8.52. The Hall–Kier alpha value is -0.0800. The monoisotopic (exact) mass is 252 g/mol. The highest BCUT2D eigenvalue weighted by molar-refractivity contribution is 4.98. The molecule has 0 aromatic carbocycles. The molecule has 2 unspecified atom stereocenters. The molecule has 0 spiro atoms. The van der Waals surface area contributed by atoms with Gasteiger partial charge < -0.3 is 5.32 Å². The van der Waals surface area contributed by atoms with Crippen molar-refractivity contribution in [1.29, 1.82) is 0 Å². The molecule has 2 heteroatoms. The van der Waals surface area contributed by atoms with Crippen LogP contribution in [0.5, 0.6) is 0 Å². The van der Waals surface area contributed by atoms with Gasteiger partial charge in [-0.05, 0) is 46.0 Å². The number of hydrogen-bond donors (Lipinski definition) is 1. The van der Waals surface area contributed by atoms with Gasteiger partial charge in [-0.25, -0.2) is 0 Å². The molecule has 1 aliphatic carbocycles. The van der Waals surface area contributed by atoms with Crippen molar-refractivity contribution in [2.24, 2.45) is 5.92 Å². The molecule has 1 N–H and O–H groups in total. The van der Waals surface area contributed by atoms with Crippen LogP contribution in [0.2, 0.25) is 0 Å². The smallest absolute Gasteiger partial charge is 0.0278 e. The zero-order chi connectivity index (χ0) is 13.2. The molecular formula is C16H32N2. The Bertz CT molecular complexity index is 258. The molecule has 2 atom stereocenters. The van der Waals surface area contributed by atoms with E-state index in [1.807, 2.05) is 0 Å². The average Bonchev–Trinajstić information content (AvgIpc) is 2.39. The molecule has 2 fully saturated rings. The van der Waals surface area contributed by atoms with Crippen LogP contribution in [0.4, 0.5) is 0 Å². The van der Waals surface area contributed by atoms with Gasteiger partial charge in [-0.15, -0.1) is 0 Å². The number of nitrogens with one attached hydrogen (secondary N) is 1. The third-order valence-corrected chi connectivity index (χ3v) is 5.33. The molecule has 1 saturated carbocycles. The summed E-state index contributed by atoms with van der Waals surface area (Å²) in [6, 6.07) is 1.47. The fourth-order valence-electron chi connectivity index (χ4n) is 3.80. The maximum absolute atomic E-state index is 3.84. The van der Waals surface area contributed by atoms with Gasteiger partial charge in [0.2, 0.25) is 0 Å². The highest BCUT2D eigenvalue weighted by Gasteiger charge is 2.39. The van der Waals surface area contributed by atoms with Crippen LogP contribution in [0.25, 0.3) is 0 Å². The minimum atomic E-state index is 0.329. The minimum Gasteiger partial charge on any atom is -0.309 e. The lowest BCUT2D eigenvalue weighted by Gasteiger charge is -2.51. The number of piperazine rings is 1. The fourth-order valence-corrected chi connectivity index (χ4v) is 3.80. The van der Waals surface area contributed by atoms with Crippen LogP contribution in [0.1, 0.15) is 66.2 Å². The first kappa shape index (κ1) is 14.3. The third kappa shape index (κ3) is 3.08. The maximum Gasteiger partial charge on any atom is 0.0278 e. The molecule has 2 nitrogen and oxygen atoms in total. The molecule has 0 amide bonds. The van der Waals surface area contributed by atoms with Crippen LogP contribution in [0, 0.1) is 5.92 Å². The van der Waals surface area contributed by atoms with E-state index >= 15 is 0 Å². The van der Waals surface area contributed by atoms with Crippen molar-refractivity contribution < 1.29 is 0 Å². The predicted octanol–water partition coefficient (Wildman–Crippen LogP) is 3.42. The molecule has 0 aromatic heterocycles. The van der Waals surface area contributed by atoms with E-state index in [0.29, 0.717) is 11.6 Å². The van der Waals surface area contributed by atoms with E-state index in [4.69, 9.17) is 0 Å². The van der Waals surface area contributed by atoms with E-state index in [1.165, 1.54) is 51.6 Å². The minimum absolute atomic E-state index is 0.329. The topological polar surface area (TPSA) is 15.3 Å². The summed E-state index contributed by atoms with van der Waals surface area (Å²) < 4.78 is 0. The normalized spacial score (nSPS) is 36.2. The SMILES string of the molecule is CCC1(C)CN(C(C)C)C(C2CCCCC2)CN1. The predicted molar refractivity (Wildman–Crippen MR) is 78.9 cm³/mol. The van der Waals surface area contributed by atoms with Crippen LogP contribution in [-0.2, 0) is 0 Å². The maximum atomic E-state index is 3.84. The Morgan fingerprint density at radius 3 is 2.44 bits per heavy atom. The molecule has 0 aromatic rings. The Morgan fingerprint density at radius 2 is 1.89 bits per heavy atom. The zero-order valence-corrected chi connectivity index (χ0v) is 12.8. The van der Waals surface area contributed by atoms with Crippen LogP contribution in [0.3, 0.4) is 0 Å². The molecule has 2 rings (SSSR count). The summed E-state index contributed by atoms with van der Waals surface area (Å²) in [5, 5.41) is 3.84. The average molecular weight is 252 g/mol. The molecule has 0 radical (unpaired) electrons. The Morgan fingerprint density at radius 1 is 1.22 bits per heavy atom. The number of rotatable bonds is 3. The molecule has 2 aliphatic rings. The van der Waals surface area contributed by atoms with Gasteiger partial charge in [0, 0.05) is 30.7 Å². The summed E-state index contributed by atoms with van der Waals surface area (Å²) in [5.41, 5.74) is 0.329. The van der Waals surface area contributed by atoms with E-state index in [-0.39, 0.29) is 0 Å². The summed E-state index contributed by atoms with van der Waals surface area (Å²) in [7, 11) is 0. The Labute approximate surface area is 114 Å². The lowest BCUT2D eigenvalue weighted by atomic mass is 9.80. The van der Waals surface area contributed by atoms with E-state index in [2.05, 4.69) is 37.9 Å². The summed E-state index contributed by atoms with van der Waals surface area (Å²) in [6.45, 7) is 11.9. The van der Waals surface area contributed by atoms with Crippen molar-refractivity contribution in [2.75, 3.05) is 13.1 Å². The zero-order valence-electron chi connectivity index (χ0n) is 12.8. The molecule has 1 heterocycles. The van der Waals surface area contributed by atoms with Crippen molar-refractivity contribution in [2.45, 2.75) is 83.8 Å². The van der Waals surface area contributed by atoms with E-state index in [0.717, 1.165) is 12.0 Å². The molecule has 1 saturated heterocycles. The number of hydrogen-bond acceptors (Lipinski definition) is 2. The fraction of sp³-hybridized carbons (Fsp3) is 1.00. The van der Waals surface area contributed by atoms with Crippen molar-refractivity contribution in [1.82, 2.24) is 10.2 Å². The largest absolute Gasteiger partial charge is 0.309 e. The molecule has 106 valence electrons. The second-order valence-electron chi connectivity index (χ2n) is 7.03. The van der Waals surface area contributed by atoms with Gasteiger partial charge in [0.1, 0.15) is 0 Å². The highest BCUT2D eigenvalue weighted by Crippen LogP contribution is 2.33. The van der Waals surface area contributed by atoms with Crippen LogP contribution >= 0.6 is 0 Å². The number of nitrogens with zero attached hydrogens (tertiary/aromatic N) is 1. The summed E-state index contributed by atoms with van der Waals surface area (Å²) in [5.74, 6) is 0.940. The van der Waals surface area contributed by atoms with Gasteiger partial charge >= 0.3 is 0 Å². The van der Waals surface area contributed by atoms with E-state index in [1.54, 1.807) is 0 Å². The lowest BCUT2D eigenvalue weighted by Crippen LogP contribution is -2.65. The second kappa shape index (κ2) is 5.92. The first-order chi connectivity index (χ1) is 8.56. The Balaban J connectivity index is 2.05. The van der Waals surface area contributed by atoms with Gasteiger partial charge in [0.15, 0.2) is 0 Å². The summed E-state index contributed by atoms with van der Waals surface area (Å²) in [4.78, 5) is 2.79.